The Hall–Kier alpha value is -3.70. The molecule has 3 aromatic heterocycles. The number of hydrogen-bond acceptors (Lipinski definition) is 8. The Balaban J connectivity index is 1.61. The molecule has 158 valence electrons. The first-order valence-electron chi connectivity index (χ1n) is 8.58. The van der Waals surface area contributed by atoms with Crippen LogP contribution >= 0.6 is 0 Å². The molecule has 30 heavy (non-hydrogen) atoms. The van der Waals surface area contributed by atoms with Crippen LogP contribution in [0.25, 0.3) is 11.5 Å². The molecule has 0 aromatic carbocycles. The summed E-state index contributed by atoms with van der Waals surface area (Å²) >= 11 is 0. The normalized spacial score (nSPS) is 11.3. The lowest BCUT2D eigenvalue weighted by Crippen LogP contribution is -2.15. The number of alkyl halides is 3. The highest BCUT2D eigenvalue weighted by atomic mass is 19.4. The molecule has 3 rings (SSSR count). The fraction of sp³-hybridized carbons (Fsp3) is 0.278. The Labute approximate surface area is 168 Å². The van der Waals surface area contributed by atoms with Crippen LogP contribution in [0.5, 0.6) is 0 Å². The number of carbonyl (C=O) groups is 1. The summed E-state index contributed by atoms with van der Waals surface area (Å²) < 4.78 is 47.0. The first-order chi connectivity index (χ1) is 14.1. The van der Waals surface area contributed by atoms with Gasteiger partial charge in [-0.25, -0.2) is 14.8 Å². The van der Waals surface area contributed by atoms with Gasteiger partial charge in [0.15, 0.2) is 0 Å². The molecule has 1 N–H and O–H groups in total. The Morgan fingerprint density at radius 1 is 1.20 bits per heavy atom. The molecule has 0 unspecified atom stereocenters. The number of rotatable bonds is 5. The van der Waals surface area contributed by atoms with Crippen molar-refractivity contribution < 1.29 is 27.2 Å². The molecule has 9 nitrogen and oxygen atoms in total. The number of amides is 1. The van der Waals surface area contributed by atoms with Crippen molar-refractivity contribution >= 4 is 17.6 Å². The molecule has 0 saturated heterocycles. The van der Waals surface area contributed by atoms with Crippen molar-refractivity contribution in [2.75, 3.05) is 24.3 Å². The van der Waals surface area contributed by atoms with E-state index in [1.807, 2.05) is 19.0 Å². The average molecular weight is 422 g/mol. The Bertz CT molecular complexity index is 1030. The molecule has 3 aromatic rings. The maximum absolute atomic E-state index is 12.6. The number of aromatic nitrogens is 4. The number of hydrogen-bond donors (Lipinski definition) is 1. The van der Waals surface area contributed by atoms with Gasteiger partial charge in [-0.15, -0.1) is 0 Å². The van der Waals surface area contributed by atoms with Gasteiger partial charge in [-0.3, -0.25) is 5.32 Å². The molecular formula is C18H17F3N6O3. The van der Waals surface area contributed by atoms with Crippen LogP contribution in [0.2, 0.25) is 0 Å². The summed E-state index contributed by atoms with van der Waals surface area (Å²) in [5.41, 5.74) is 1.43. The van der Waals surface area contributed by atoms with E-state index in [0.717, 1.165) is 5.82 Å². The smallest absolute Gasteiger partial charge is 0.444 e. The first kappa shape index (κ1) is 21.0. The van der Waals surface area contributed by atoms with Gasteiger partial charge in [0.05, 0.1) is 11.4 Å². The van der Waals surface area contributed by atoms with Crippen molar-refractivity contribution in [1.82, 2.24) is 20.1 Å². The topological polar surface area (TPSA) is 106 Å². The summed E-state index contributed by atoms with van der Waals surface area (Å²) in [6, 6.07) is 6.40. The van der Waals surface area contributed by atoms with Crippen molar-refractivity contribution in [1.29, 1.82) is 0 Å². The third-order valence-corrected chi connectivity index (χ3v) is 3.86. The molecule has 0 atom stereocenters. The van der Waals surface area contributed by atoms with Crippen molar-refractivity contribution in [3.8, 4) is 11.5 Å². The van der Waals surface area contributed by atoms with Crippen LogP contribution in [0.1, 0.15) is 17.1 Å². The second-order valence-corrected chi connectivity index (χ2v) is 6.37. The SMILES string of the molecule is Cc1nc(-c2noc(C(F)(F)F)n2)ccc1NC(=O)OCc1ccc(N(C)C)nc1. The molecule has 0 saturated carbocycles. The first-order valence-corrected chi connectivity index (χ1v) is 8.58. The van der Waals surface area contributed by atoms with E-state index in [0.29, 0.717) is 16.9 Å². The Morgan fingerprint density at radius 2 is 1.97 bits per heavy atom. The van der Waals surface area contributed by atoms with Crippen LogP contribution in [0, 0.1) is 6.92 Å². The van der Waals surface area contributed by atoms with E-state index in [2.05, 4.69) is 29.9 Å². The molecule has 0 aliphatic rings. The van der Waals surface area contributed by atoms with E-state index in [1.54, 1.807) is 25.3 Å². The standard InChI is InChI=1S/C18H17F3N6O3/c1-10-12(5-6-13(23-10)15-25-16(30-26-15)18(19,20)21)24-17(28)29-9-11-4-7-14(22-8-11)27(2)3/h4-8H,9H2,1-3H3,(H,24,28). The maximum Gasteiger partial charge on any atom is 0.471 e. The van der Waals surface area contributed by atoms with Gasteiger partial charge in [0, 0.05) is 25.9 Å². The van der Waals surface area contributed by atoms with E-state index in [-0.39, 0.29) is 18.1 Å². The van der Waals surface area contributed by atoms with Crippen LogP contribution in [0.15, 0.2) is 35.0 Å². The summed E-state index contributed by atoms with van der Waals surface area (Å²) in [5.74, 6) is -1.00. The largest absolute Gasteiger partial charge is 0.471 e. The predicted molar refractivity (Wildman–Crippen MR) is 99.6 cm³/mol. The van der Waals surface area contributed by atoms with Gasteiger partial charge in [-0.2, -0.15) is 18.2 Å². The molecule has 0 fully saturated rings. The highest BCUT2D eigenvalue weighted by Gasteiger charge is 2.38. The van der Waals surface area contributed by atoms with Crippen molar-refractivity contribution in [3.63, 3.8) is 0 Å². The van der Waals surface area contributed by atoms with Crippen LogP contribution in [0.4, 0.5) is 29.5 Å². The van der Waals surface area contributed by atoms with Gasteiger partial charge in [0.1, 0.15) is 18.1 Å². The molecule has 0 bridgehead atoms. The van der Waals surface area contributed by atoms with Crippen LogP contribution < -0.4 is 10.2 Å². The average Bonchev–Trinajstić information content (AvgIpc) is 3.19. The fourth-order valence-electron chi connectivity index (χ4n) is 2.32. The van der Waals surface area contributed by atoms with E-state index in [1.165, 1.54) is 12.1 Å². The lowest BCUT2D eigenvalue weighted by molar-refractivity contribution is -0.159. The fourth-order valence-corrected chi connectivity index (χ4v) is 2.32. The minimum atomic E-state index is -4.74. The molecule has 3 heterocycles. The second-order valence-electron chi connectivity index (χ2n) is 6.37. The number of carbonyl (C=O) groups excluding carboxylic acids is 1. The zero-order chi connectivity index (χ0) is 21.9. The van der Waals surface area contributed by atoms with Crippen LogP contribution in [-0.2, 0) is 17.5 Å². The molecule has 0 aliphatic carbocycles. The number of anilines is 2. The molecular weight excluding hydrogens is 405 g/mol. The Kier molecular flexibility index (Phi) is 5.85. The van der Waals surface area contributed by atoms with Gasteiger partial charge in [-0.1, -0.05) is 11.2 Å². The molecule has 12 heteroatoms. The second kappa shape index (κ2) is 8.35. The highest BCUT2D eigenvalue weighted by molar-refractivity contribution is 5.85. The zero-order valence-corrected chi connectivity index (χ0v) is 16.2. The molecule has 0 radical (unpaired) electrons. The lowest BCUT2D eigenvalue weighted by Gasteiger charge is -2.12. The molecule has 0 spiro atoms. The van der Waals surface area contributed by atoms with E-state index in [9.17, 15) is 18.0 Å². The van der Waals surface area contributed by atoms with Gasteiger partial charge in [0.25, 0.3) is 0 Å². The minimum Gasteiger partial charge on any atom is -0.444 e. The molecule has 1 amide bonds. The van der Waals surface area contributed by atoms with Gasteiger partial charge in [-0.05, 0) is 25.1 Å². The monoisotopic (exact) mass is 422 g/mol. The van der Waals surface area contributed by atoms with Crippen molar-refractivity contribution in [2.45, 2.75) is 19.7 Å². The third kappa shape index (κ3) is 5.01. The predicted octanol–water partition coefficient (Wildman–Crippen LogP) is 3.67. The Morgan fingerprint density at radius 3 is 2.53 bits per heavy atom. The van der Waals surface area contributed by atoms with Crippen molar-refractivity contribution in [3.05, 3.63) is 47.6 Å². The van der Waals surface area contributed by atoms with E-state index in [4.69, 9.17) is 4.74 Å². The maximum atomic E-state index is 12.6. The van der Waals surface area contributed by atoms with Gasteiger partial charge < -0.3 is 14.2 Å². The summed E-state index contributed by atoms with van der Waals surface area (Å²) in [4.78, 5) is 25.5. The van der Waals surface area contributed by atoms with Crippen molar-refractivity contribution in [2.24, 2.45) is 0 Å². The number of ether oxygens (including phenoxy) is 1. The number of pyridine rings is 2. The van der Waals surface area contributed by atoms with Gasteiger partial charge in [0.2, 0.25) is 5.82 Å². The summed E-state index contributed by atoms with van der Waals surface area (Å²) in [6.07, 6.45) is -3.86. The number of halogens is 3. The van der Waals surface area contributed by atoms with Gasteiger partial charge >= 0.3 is 18.2 Å². The summed E-state index contributed by atoms with van der Waals surface area (Å²) in [5, 5.41) is 5.80. The summed E-state index contributed by atoms with van der Waals surface area (Å²) in [7, 11) is 3.73. The van der Waals surface area contributed by atoms with E-state index >= 15 is 0 Å². The van der Waals surface area contributed by atoms with Crippen LogP contribution in [0.3, 0.4) is 0 Å². The quantitative estimate of drug-likeness (QED) is 0.664. The number of nitrogens with zero attached hydrogens (tertiary/aromatic N) is 5. The van der Waals surface area contributed by atoms with Crippen LogP contribution in [-0.4, -0.2) is 40.3 Å². The zero-order valence-electron chi connectivity index (χ0n) is 16.2. The lowest BCUT2D eigenvalue weighted by atomic mass is 10.2. The van der Waals surface area contributed by atoms with E-state index < -0.39 is 18.2 Å². The third-order valence-electron chi connectivity index (χ3n) is 3.86. The minimum absolute atomic E-state index is 0.0141. The molecule has 0 aliphatic heterocycles. The highest BCUT2D eigenvalue weighted by Crippen LogP contribution is 2.29. The number of nitrogens with one attached hydrogen (secondary N) is 1. The summed E-state index contributed by atoms with van der Waals surface area (Å²) in [6.45, 7) is 1.58. The number of aryl methyl sites for hydroxylation is 1.